The Morgan fingerprint density at radius 1 is 0.958 bits per heavy atom. The van der Waals surface area contributed by atoms with Crippen LogP contribution in [0.1, 0.15) is 28.4 Å². The molecule has 0 spiro atoms. The Morgan fingerprint density at radius 2 is 1.67 bits per heavy atom. The number of rotatable bonds is 6. The summed E-state index contributed by atoms with van der Waals surface area (Å²) < 4.78 is 15.9. The third-order valence-electron chi connectivity index (χ3n) is 3.47. The molecule has 0 radical (unpaired) electrons. The summed E-state index contributed by atoms with van der Waals surface area (Å²) in [5.74, 6) is 0.684. The summed E-state index contributed by atoms with van der Waals surface area (Å²) in [4.78, 5) is 23.3. The highest BCUT2D eigenvalue weighted by Gasteiger charge is 2.12. The molecule has 0 saturated heterocycles. The lowest BCUT2D eigenvalue weighted by molar-refractivity contribution is -0.136. The number of esters is 1. The van der Waals surface area contributed by atoms with Gasteiger partial charge in [-0.3, -0.25) is 4.79 Å². The fraction of sp³-hybridized carbons (Fsp3) is 0.263. The van der Waals surface area contributed by atoms with E-state index in [1.807, 2.05) is 26.0 Å². The van der Waals surface area contributed by atoms with Crippen molar-refractivity contribution in [2.75, 3.05) is 13.7 Å². The summed E-state index contributed by atoms with van der Waals surface area (Å²) in [6, 6.07) is 10.4. The van der Waals surface area contributed by atoms with Crippen molar-refractivity contribution in [2.24, 2.45) is 0 Å². The lowest BCUT2D eigenvalue weighted by atomic mass is 10.1. The van der Waals surface area contributed by atoms with Gasteiger partial charge in [0, 0.05) is 5.56 Å². The number of hydrogen-bond acceptors (Lipinski definition) is 5. The van der Waals surface area contributed by atoms with Crippen LogP contribution >= 0.6 is 0 Å². The number of ether oxygens (including phenoxy) is 3. The first-order valence-electron chi connectivity index (χ1n) is 7.50. The first-order valence-corrected chi connectivity index (χ1v) is 7.50. The van der Waals surface area contributed by atoms with Gasteiger partial charge >= 0.3 is 5.97 Å². The number of ketones is 1. The van der Waals surface area contributed by atoms with Crippen LogP contribution < -0.4 is 14.2 Å². The molecular formula is C19H20O5. The molecule has 0 aliphatic carbocycles. The van der Waals surface area contributed by atoms with E-state index in [1.165, 1.54) is 14.0 Å². The van der Waals surface area contributed by atoms with Crippen LogP contribution in [0.4, 0.5) is 0 Å². The van der Waals surface area contributed by atoms with Crippen LogP contribution in [0.2, 0.25) is 0 Å². The standard InChI is InChI=1S/C19H20O5/c1-12-5-7-16(13(2)9-12)24-19(21)11-23-17-8-6-15(14(3)20)10-18(17)22-4/h5-10H,11H2,1-4H3. The Labute approximate surface area is 141 Å². The van der Waals surface area contributed by atoms with Gasteiger partial charge in [0.25, 0.3) is 0 Å². The van der Waals surface area contributed by atoms with E-state index in [2.05, 4.69) is 0 Å². The Balaban J connectivity index is 2.02. The van der Waals surface area contributed by atoms with Crippen LogP contribution in [0, 0.1) is 13.8 Å². The summed E-state index contributed by atoms with van der Waals surface area (Å²) in [5, 5.41) is 0. The third kappa shape index (κ3) is 4.35. The first kappa shape index (κ1) is 17.5. The van der Waals surface area contributed by atoms with Gasteiger partial charge in [0.1, 0.15) is 5.75 Å². The summed E-state index contributed by atoms with van der Waals surface area (Å²) in [6.07, 6.45) is 0. The maximum Gasteiger partial charge on any atom is 0.349 e. The molecule has 0 aliphatic rings. The first-order chi connectivity index (χ1) is 11.4. The molecule has 0 fully saturated rings. The molecule has 0 bridgehead atoms. The number of aryl methyl sites for hydroxylation is 2. The molecule has 126 valence electrons. The van der Waals surface area contributed by atoms with E-state index in [0.717, 1.165) is 11.1 Å². The van der Waals surface area contributed by atoms with Crippen LogP contribution in [0.15, 0.2) is 36.4 Å². The van der Waals surface area contributed by atoms with Gasteiger partial charge in [0.2, 0.25) is 0 Å². The van der Waals surface area contributed by atoms with E-state index in [4.69, 9.17) is 14.2 Å². The molecule has 2 rings (SSSR count). The lowest BCUT2D eigenvalue weighted by Crippen LogP contribution is -2.18. The topological polar surface area (TPSA) is 61.8 Å². The van der Waals surface area contributed by atoms with Crippen molar-refractivity contribution in [3.05, 3.63) is 53.1 Å². The van der Waals surface area contributed by atoms with E-state index in [9.17, 15) is 9.59 Å². The SMILES string of the molecule is COc1cc(C(C)=O)ccc1OCC(=O)Oc1ccc(C)cc1C. The largest absolute Gasteiger partial charge is 0.493 e. The van der Waals surface area contributed by atoms with Gasteiger partial charge in [-0.05, 0) is 50.6 Å². The minimum absolute atomic E-state index is 0.0749. The van der Waals surface area contributed by atoms with Crippen molar-refractivity contribution in [2.45, 2.75) is 20.8 Å². The monoisotopic (exact) mass is 328 g/mol. The van der Waals surface area contributed by atoms with Gasteiger partial charge in [-0.2, -0.15) is 0 Å². The quantitative estimate of drug-likeness (QED) is 0.461. The molecule has 0 unspecified atom stereocenters. The Hall–Kier alpha value is -2.82. The molecule has 0 atom stereocenters. The lowest BCUT2D eigenvalue weighted by Gasteiger charge is -2.12. The maximum absolute atomic E-state index is 12.0. The van der Waals surface area contributed by atoms with Crippen LogP contribution in [0.25, 0.3) is 0 Å². The number of carbonyl (C=O) groups excluding carboxylic acids is 2. The third-order valence-corrected chi connectivity index (χ3v) is 3.47. The molecule has 0 aliphatic heterocycles. The number of carbonyl (C=O) groups is 2. The van der Waals surface area contributed by atoms with Crippen molar-refractivity contribution < 1.29 is 23.8 Å². The van der Waals surface area contributed by atoms with Gasteiger partial charge in [-0.25, -0.2) is 4.79 Å². The minimum atomic E-state index is -0.514. The van der Waals surface area contributed by atoms with Crippen molar-refractivity contribution >= 4 is 11.8 Å². The smallest absolute Gasteiger partial charge is 0.349 e. The van der Waals surface area contributed by atoms with Gasteiger partial charge in [0.05, 0.1) is 7.11 Å². The van der Waals surface area contributed by atoms with Gasteiger partial charge in [-0.15, -0.1) is 0 Å². The highest BCUT2D eigenvalue weighted by Crippen LogP contribution is 2.28. The fourth-order valence-corrected chi connectivity index (χ4v) is 2.21. The Bertz CT molecular complexity index is 764. The Kier molecular flexibility index (Phi) is 5.58. The normalized spacial score (nSPS) is 10.2. The van der Waals surface area contributed by atoms with E-state index in [0.29, 0.717) is 22.8 Å². The molecule has 2 aromatic rings. The van der Waals surface area contributed by atoms with Crippen LogP contribution in [0.5, 0.6) is 17.2 Å². The second-order valence-electron chi connectivity index (χ2n) is 5.45. The summed E-state index contributed by atoms with van der Waals surface area (Å²) in [5.41, 5.74) is 2.49. The van der Waals surface area contributed by atoms with Crippen molar-refractivity contribution in [3.63, 3.8) is 0 Å². The van der Waals surface area contributed by atoms with Crippen molar-refractivity contribution in [1.82, 2.24) is 0 Å². The molecular weight excluding hydrogens is 308 g/mol. The van der Waals surface area contributed by atoms with Crippen molar-refractivity contribution in [3.8, 4) is 17.2 Å². The fourth-order valence-electron chi connectivity index (χ4n) is 2.21. The molecule has 24 heavy (non-hydrogen) atoms. The van der Waals surface area contributed by atoms with E-state index >= 15 is 0 Å². The molecule has 5 nitrogen and oxygen atoms in total. The van der Waals surface area contributed by atoms with E-state index in [-0.39, 0.29) is 12.4 Å². The summed E-state index contributed by atoms with van der Waals surface area (Å²) in [6.45, 7) is 5.05. The number of methoxy groups -OCH3 is 1. The molecule has 0 saturated carbocycles. The minimum Gasteiger partial charge on any atom is -0.493 e. The average Bonchev–Trinajstić information content (AvgIpc) is 2.55. The van der Waals surface area contributed by atoms with E-state index < -0.39 is 5.97 Å². The number of Topliss-reactive ketones (excluding diaryl/α,β-unsaturated/α-hetero) is 1. The predicted octanol–water partition coefficient (Wildman–Crippen LogP) is 3.50. The highest BCUT2D eigenvalue weighted by molar-refractivity contribution is 5.94. The molecule has 0 aromatic heterocycles. The summed E-state index contributed by atoms with van der Waals surface area (Å²) >= 11 is 0. The second kappa shape index (κ2) is 7.64. The maximum atomic E-state index is 12.0. The molecule has 5 heteroatoms. The predicted molar refractivity (Wildman–Crippen MR) is 90.0 cm³/mol. The zero-order valence-corrected chi connectivity index (χ0v) is 14.2. The van der Waals surface area contributed by atoms with Gasteiger partial charge in [-0.1, -0.05) is 17.7 Å². The molecule has 0 N–H and O–H groups in total. The zero-order valence-electron chi connectivity index (χ0n) is 14.2. The van der Waals surface area contributed by atoms with Crippen LogP contribution in [0.3, 0.4) is 0 Å². The van der Waals surface area contributed by atoms with Gasteiger partial charge < -0.3 is 14.2 Å². The van der Waals surface area contributed by atoms with Crippen LogP contribution in [-0.2, 0) is 4.79 Å². The molecule has 0 heterocycles. The second-order valence-corrected chi connectivity index (χ2v) is 5.45. The molecule has 0 amide bonds. The average molecular weight is 328 g/mol. The van der Waals surface area contributed by atoms with Crippen LogP contribution in [-0.4, -0.2) is 25.5 Å². The Morgan fingerprint density at radius 3 is 2.29 bits per heavy atom. The van der Waals surface area contributed by atoms with Crippen molar-refractivity contribution in [1.29, 1.82) is 0 Å². The molecule has 2 aromatic carbocycles. The zero-order chi connectivity index (χ0) is 17.7. The number of hydrogen-bond donors (Lipinski definition) is 0. The van der Waals surface area contributed by atoms with E-state index in [1.54, 1.807) is 24.3 Å². The van der Waals surface area contributed by atoms with Gasteiger partial charge in [0.15, 0.2) is 23.9 Å². The number of benzene rings is 2. The highest BCUT2D eigenvalue weighted by atomic mass is 16.6. The summed E-state index contributed by atoms with van der Waals surface area (Å²) in [7, 11) is 1.47.